The monoisotopic (exact) mass is 282 g/mol. The highest BCUT2D eigenvalue weighted by atomic mass is 16.2. The molecule has 0 radical (unpaired) electrons. The van der Waals surface area contributed by atoms with Gasteiger partial charge in [-0.15, -0.1) is 0 Å². The molecule has 0 aromatic rings. The van der Waals surface area contributed by atoms with Gasteiger partial charge in [-0.3, -0.25) is 9.59 Å². The van der Waals surface area contributed by atoms with Crippen molar-refractivity contribution >= 4 is 11.8 Å². The van der Waals surface area contributed by atoms with Gasteiger partial charge in [0.25, 0.3) is 0 Å². The predicted octanol–water partition coefficient (Wildman–Crippen LogP) is 2.57. The first-order valence-electron chi connectivity index (χ1n) is 7.84. The molecular weight excluding hydrogens is 252 g/mol. The average Bonchev–Trinajstić information content (AvgIpc) is 2.36. The average molecular weight is 282 g/mol. The standard InChI is InChI=1S/C16H30N2O2/c1-7-9-10-18-13(16(4,5)6)14(19)17-12(15(18)20)11(3)8-2/h11-13H,7-10H2,1-6H3,(H,17,19). The van der Waals surface area contributed by atoms with E-state index in [4.69, 9.17) is 0 Å². The third kappa shape index (κ3) is 3.53. The molecule has 1 aliphatic heterocycles. The molecule has 3 atom stereocenters. The van der Waals surface area contributed by atoms with E-state index in [0.29, 0.717) is 6.54 Å². The lowest BCUT2D eigenvalue weighted by Crippen LogP contribution is -2.68. The van der Waals surface area contributed by atoms with E-state index in [2.05, 4.69) is 19.2 Å². The number of carbonyl (C=O) groups excluding carboxylic acids is 2. The van der Waals surface area contributed by atoms with E-state index < -0.39 is 0 Å². The Balaban J connectivity index is 3.04. The van der Waals surface area contributed by atoms with Crippen molar-refractivity contribution in [3.8, 4) is 0 Å². The highest BCUT2D eigenvalue weighted by molar-refractivity contribution is 5.97. The Morgan fingerprint density at radius 1 is 1.25 bits per heavy atom. The van der Waals surface area contributed by atoms with E-state index >= 15 is 0 Å². The minimum absolute atomic E-state index is 0.00139. The van der Waals surface area contributed by atoms with Crippen molar-refractivity contribution in [2.24, 2.45) is 11.3 Å². The summed E-state index contributed by atoms with van der Waals surface area (Å²) < 4.78 is 0. The van der Waals surface area contributed by atoms with Crippen LogP contribution in [0.3, 0.4) is 0 Å². The van der Waals surface area contributed by atoms with Gasteiger partial charge in [-0.2, -0.15) is 0 Å². The van der Waals surface area contributed by atoms with Gasteiger partial charge in [0.2, 0.25) is 11.8 Å². The second-order valence-corrected chi connectivity index (χ2v) is 7.03. The Labute approximate surface area is 123 Å². The molecule has 1 saturated heterocycles. The maximum Gasteiger partial charge on any atom is 0.246 e. The Kier molecular flexibility index (Phi) is 5.60. The molecule has 1 fully saturated rings. The summed E-state index contributed by atoms with van der Waals surface area (Å²) in [6.07, 6.45) is 2.85. The van der Waals surface area contributed by atoms with Crippen LogP contribution in [0.15, 0.2) is 0 Å². The van der Waals surface area contributed by atoms with E-state index in [9.17, 15) is 9.59 Å². The molecule has 1 heterocycles. The van der Waals surface area contributed by atoms with Crippen LogP contribution in [0.25, 0.3) is 0 Å². The van der Waals surface area contributed by atoms with Crippen LogP contribution in [-0.2, 0) is 9.59 Å². The molecule has 0 aromatic heterocycles. The van der Waals surface area contributed by atoms with E-state index in [0.717, 1.165) is 19.3 Å². The fourth-order valence-corrected chi connectivity index (χ4v) is 2.79. The SMILES string of the molecule is CCCCN1C(=O)C(C(C)CC)NC(=O)C1C(C)(C)C. The van der Waals surface area contributed by atoms with Crippen molar-refractivity contribution in [1.29, 1.82) is 0 Å². The number of piperazine rings is 1. The first-order chi connectivity index (χ1) is 9.23. The Hall–Kier alpha value is -1.06. The van der Waals surface area contributed by atoms with Gasteiger partial charge in [-0.25, -0.2) is 0 Å². The Morgan fingerprint density at radius 2 is 1.85 bits per heavy atom. The Bertz CT molecular complexity index is 360. The molecule has 4 heteroatoms. The summed E-state index contributed by atoms with van der Waals surface area (Å²) >= 11 is 0. The van der Waals surface area contributed by atoms with E-state index in [1.54, 1.807) is 0 Å². The van der Waals surface area contributed by atoms with Gasteiger partial charge in [0, 0.05) is 6.54 Å². The molecule has 1 rings (SSSR count). The van der Waals surface area contributed by atoms with Gasteiger partial charge < -0.3 is 10.2 Å². The van der Waals surface area contributed by atoms with E-state index in [1.807, 2.05) is 32.6 Å². The van der Waals surface area contributed by atoms with Crippen LogP contribution in [0.5, 0.6) is 0 Å². The number of carbonyl (C=O) groups is 2. The molecule has 1 aliphatic rings. The molecule has 0 bridgehead atoms. The molecule has 2 amide bonds. The first-order valence-corrected chi connectivity index (χ1v) is 7.84. The van der Waals surface area contributed by atoms with Crippen LogP contribution in [0, 0.1) is 11.3 Å². The maximum absolute atomic E-state index is 12.7. The van der Waals surface area contributed by atoms with Crippen molar-refractivity contribution < 1.29 is 9.59 Å². The van der Waals surface area contributed by atoms with Gasteiger partial charge in [0.15, 0.2) is 0 Å². The molecule has 4 nitrogen and oxygen atoms in total. The van der Waals surface area contributed by atoms with Crippen LogP contribution >= 0.6 is 0 Å². The summed E-state index contributed by atoms with van der Waals surface area (Å²) in [5, 5.41) is 2.95. The van der Waals surface area contributed by atoms with Crippen molar-refractivity contribution in [2.45, 2.75) is 72.9 Å². The zero-order valence-corrected chi connectivity index (χ0v) is 13.8. The lowest BCUT2D eigenvalue weighted by atomic mass is 9.81. The van der Waals surface area contributed by atoms with Crippen LogP contribution in [0.4, 0.5) is 0 Å². The number of nitrogens with one attached hydrogen (secondary N) is 1. The van der Waals surface area contributed by atoms with Gasteiger partial charge in [-0.05, 0) is 17.8 Å². The molecule has 0 saturated carbocycles. The van der Waals surface area contributed by atoms with Crippen molar-refractivity contribution in [3.05, 3.63) is 0 Å². The normalized spacial score (nSPS) is 25.6. The summed E-state index contributed by atoms with van der Waals surface area (Å²) in [5.74, 6) is 0.266. The van der Waals surface area contributed by atoms with Gasteiger partial charge in [0.1, 0.15) is 12.1 Å². The highest BCUT2D eigenvalue weighted by Gasteiger charge is 2.46. The van der Waals surface area contributed by atoms with Crippen LogP contribution in [-0.4, -0.2) is 35.3 Å². The lowest BCUT2D eigenvalue weighted by Gasteiger charge is -2.46. The zero-order valence-electron chi connectivity index (χ0n) is 13.8. The summed E-state index contributed by atoms with van der Waals surface area (Å²) in [5.41, 5.74) is -0.242. The zero-order chi connectivity index (χ0) is 15.5. The predicted molar refractivity (Wildman–Crippen MR) is 81.2 cm³/mol. The number of rotatable bonds is 5. The van der Waals surface area contributed by atoms with Crippen molar-refractivity contribution in [2.75, 3.05) is 6.54 Å². The summed E-state index contributed by atoms with van der Waals surface area (Å²) in [7, 11) is 0. The highest BCUT2D eigenvalue weighted by Crippen LogP contribution is 2.29. The smallest absolute Gasteiger partial charge is 0.246 e. The second kappa shape index (κ2) is 6.59. The van der Waals surface area contributed by atoms with E-state index in [-0.39, 0.29) is 35.2 Å². The largest absolute Gasteiger partial charge is 0.342 e. The fraction of sp³-hybridized carbons (Fsp3) is 0.875. The maximum atomic E-state index is 12.7. The number of hydrogen-bond donors (Lipinski definition) is 1. The molecule has 0 aromatic carbocycles. The molecule has 0 spiro atoms. The van der Waals surface area contributed by atoms with Gasteiger partial charge >= 0.3 is 0 Å². The van der Waals surface area contributed by atoms with Crippen molar-refractivity contribution in [1.82, 2.24) is 10.2 Å². The number of amides is 2. The van der Waals surface area contributed by atoms with Crippen molar-refractivity contribution in [3.63, 3.8) is 0 Å². The third-order valence-electron chi connectivity index (χ3n) is 4.19. The Morgan fingerprint density at radius 3 is 2.30 bits per heavy atom. The van der Waals surface area contributed by atoms with Gasteiger partial charge in [-0.1, -0.05) is 54.4 Å². The van der Waals surface area contributed by atoms with Gasteiger partial charge in [0.05, 0.1) is 0 Å². The molecule has 0 aliphatic carbocycles. The molecular formula is C16H30N2O2. The molecule has 116 valence electrons. The lowest BCUT2D eigenvalue weighted by molar-refractivity contribution is -0.155. The number of hydrogen-bond acceptors (Lipinski definition) is 2. The second-order valence-electron chi connectivity index (χ2n) is 7.03. The minimum Gasteiger partial charge on any atom is -0.342 e. The summed E-state index contributed by atoms with van der Waals surface area (Å²) in [6.45, 7) is 12.9. The minimum atomic E-state index is -0.359. The summed E-state index contributed by atoms with van der Waals surface area (Å²) in [6, 6.07) is -0.718. The number of unbranched alkanes of at least 4 members (excludes halogenated alkanes) is 1. The topological polar surface area (TPSA) is 49.4 Å². The molecule has 1 N–H and O–H groups in total. The molecule has 20 heavy (non-hydrogen) atoms. The molecule has 3 unspecified atom stereocenters. The summed E-state index contributed by atoms with van der Waals surface area (Å²) in [4.78, 5) is 27.1. The first kappa shape index (κ1) is 17.0. The van der Waals surface area contributed by atoms with Crippen LogP contribution in [0.1, 0.15) is 60.8 Å². The fourth-order valence-electron chi connectivity index (χ4n) is 2.79. The van der Waals surface area contributed by atoms with E-state index in [1.165, 1.54) is 0 Å². The quantitative estimate of drug-likeness (QED) is 0.842. The third-order valence-corrected chi connectivity index (χ3v) is 4.19. The van der Waals surface area contributed by atoms with Crippen LogP contribution in [0.2, 0.25) is 0 Å². The number of nitrogens with zero attached hydrogens (tertiary/aromatic N) is 1. The van der Waals surface area contributed by atoms with Crippen LogP contribution < -0.4 is 5.32 Å².